The van der Waals surface area contributed by atoms with Crippen LogP contribution in [0.15, 0.2) is 41.3 Å². The highest BCUT2D eigenvalue weighted by Crippen LogP contribution is 2.22. The van der Waals surface area contributed by atoms with Crippen LogP contribution in [-0.2, 0) is 14.8 Å². The number of hydrogen-bond acceptors (Lipinski definition) is 9. The molecule has 10 nitrogen and oxygen atoms in total. The number of piperazine rings is 2. The van der Waals surface area contributed by atoms with Crippen molar-refractivity contribution in [2.45, 2.75) is 30.8 Å². The van der Waals surface area contributed by atoms with Crippen LogP contribution in [0.2, 0.25) is 0 Å². The first kappa shape index (κ1) is 25.1. The van der Waals surface area contributed by atoms with Crippen LogP contribution < -0.4 is 9.80 Å². The molecule has 5 rings (SSSR count). The molecule has 194 valence electrons. The highest BCUT2D eigenvalue weighted by atomic mass is 32.2. The van der Waals surface area contributed by atoms with E-state index >= 15 is 0 Å². The molecule has 36 heavy (non-hydrogen) atoms. The predicted molar refractivity (Wildman–Crippen MR) is 137 cm³/mol. The Kier molecular flexibility index (Phi) is 7.52. The van der Waals surface area contributed by atoms with Crippen molar-refractivity contribution >= 4 is 27.4 Å². The van der Waals surface area contributed by atoms with Gasteiger partial charge in [0.15, 0.2) is 17.4 Å². The van der Waals surface area contributed by atoms with Gasteiger partial charge in [-0.1, -0.05) is 12.1 Å². The van der Waals surface area contributed by atoms with E-state index in [2.05, 4.69) is 24.9 Å². The fourth-order valence-corrected chi connectivity index (χ4v) is 6.54. The number of ketones is 1. The Morgan fingerprint density at radius 1 is 0.944 bits per heavy atom. The van der Waals surface area contributed by atoms with Gasteiger partial charge in [-0.3, -0.25) is 9.69 Å². The van der Waals surface area contributed by atoms with Crippen molar-refractivity contribution in [3.63, 3.8) is 0 Å². The SMILES string of the molecule is CC(=O)c1cccc(S(=O)(=O)N2CCN(c3ccc(N4CCN(CC5CCCO5)CC4)nn3)CC2)c1. The van der Waals surface area contributed by atoms with Crippen LogP contribution in [-0.4, -0.2) is 105 Å². The average Bonchev–Trinajstić information content (AvgIpc) is 3.42. The first-order valence-corrected chi connectivity index (χ1v) is 14.1. The Morgan fingerprint density at radius 3 is 2.14 bits per heavy atom. The summed E-state index contributed by atoms with van der Waals surface area (Å²) in [4.78, 5) is 18.6. The monoisotopic (exact) mass is 514 g/mol. The minimum absolute atomic E-state index is 0.153. The lowest BCUT2D eigenvalue weighted by molar-refractivity contribution is 0.0712. The predicted octanol–water partition coefficient (Wildman–Crippen LogP) is 1.49. The van der Waals surface area contributed by atoms with Gasteiger partial charge in [0.25, 0.3) is 0 Å². The Labute approximate surface area is 212 Å². The number of nitrogens with zero attached hydrogens (tertiary/aromatic N) is 6. The highest BCUT2D eigenvalue weighted by Gasteiger charge is 2.30. The maximum absolute atomic E-state index is 13.1. The van der Waals surface area contributed by atoms with Crippen LogP contribution in [0.5, 0.6) is 0 Å². The normalized spacial score (nSPS) is 22.2. The molecule has 4 heterocycles. The average molecular weight is 515 g/mol. The maximum Gasteiger partial charge on any atom is 0.243 e. The zero-order valence-electron chi connectivity index (χ0n) is 20.8. The number of anilines is 2. The number of ether oxygens (including phenoxy) is 1. The number of benzene rings is 1. The third-order valence-electron chi connectivity index (χ3n) is 7.26. The second kappa shape index (κ2) is 10.8. The Morgan fingerprint density at radius 2 is 1.58 bits per heavy atom. The van der Waals surface area contributed by atoms with E-state index in [-0.39, 0.29) is 10.7 Å². The summed E-state index contributed by atoms with van der Waals surface area (Å²) in [5.41, 5.74) is 0.398. The van der Waals surface area contributed by atoms with Crippen LogP contribution in [0.1, 0.15) is 30.1 Å². The number of Topliss-reactive ketones (excluding diaryl/α,β-unsaturated/α-hetero) is 1. The molecule has 0 aliphatic carbocycles. The summed E-state index contributed by atoms with van der Waals surface area (Å²) >= 11 is 0. The summed E-state index contributed by atoms with van der Waals surface area (Å²) in [7, 11) is -3.66. The second-order valence-electron chi connectivity index (χ2n) is 9.65. The first-order chi connectivity index (χ1) is 17.4. The molecule has 0 radical (unpaired) electrons. The van der Waals surface area contributed by atoms with Crippen LogP contribution in [0.4, 0.5) is 11.6 Å². The number of sulfonamides is 1. The summed E-state index contributed by atoms with van der Waals surface area (Å²) in [6, 6.07) is 10.2. The smallest absolute Gasteiger partial charge is 0.243 e. The number of carbonyl (C=O) groups excluding carboxylic acids is 1. The molecule has 3 saturated heterocycles. The molecule has 1 unspecified atom stereocenters. The molecular formula is C25H34N6O4S. The van der Waals surface area contributed by atoms with Gasteiger partial charge in [-0.2, -0.15) is 4.31 Å². The van der Waals surface area contributed by atoms with E-state index in [0.717, 1.165) is 51.0 Å². The van der Waals surface area contributed by atoms with Crippen molar-refractivity contribution in [1.82, 2.24) is 19.4 Å². The van der Waals surface area contributed by atoms with E-state index in [0.29, 0.717) is 37.8 Å². The van der Waals surface area contributed by atoms with Gasteiger partial charge in [-0.15, -0.1) is 10.2 Å². The third kappa shape index (κ3) is 5.54. The van der Waals surface area contributed by atoms with Crippen molar-refractivity contribution < 1.29 is 17.9 Å². The van der Waals surface area contributed by atoms with Crippen molar-refractivity contribution in [2.24, 2.45) is 0 Å². The van der Waals surface area contributed by atoms with Gasteiger partial charge in [0.1, 0.15) is 0 Å². The number of carbonyl (C=O) groups is 1. The molecule has 3 fully saturated rings. The van der Waals surface area contributed by atoms with E-state index in [1.165, 1.54) is 30.1 Å². The lowest BCUT2D eigenvalue weighted by atomic mass is 10.2. The molecule has 3 aliphatic heterocycles. The minimum atomic E-state index is -3.66. The Hall–Kier alpha value is -2.60. The van der Waals surface area contributed by atoms with Crippen molar-refractivity contribution in [2.75, 3.05) is 75.3 Å². The topological polar surface area (TPSA) is 99.2 Å². The van der Waals surface area contributed by atoms with Crippen molar-refractivity contribution in [3.8, 4) is 0 Å². The van der Waals surface area contributed by atoms with E-state index < -0.39 is 10.0 Å². The molecule has 1 aromatic heterocycles. The van der Waals surface area contributed by atoms with Gasteiger partial charge in [-0.05, 0) is 44.0 Å². The van der Waals surface area contributed by atoms with Crippen molar-refractivity contribution in [3.05, 3.63) is 42.0 Å². The Bertz CT molecular complexity index is 1150. The molecule has 11 heteroatoms. The zero-order valence-corrected chi connectivity index (χ0v) is 21.6. The molecule has 2 aromatic rings. The second-order valence-corrected chi connectivity index (χ2v) is 11.6. The van der Waals surface area contributed by atoms with Gasteiger partial charge in [0, 0.05) is 71.1 Å². The van der Waals surface area contributed by atoms with Crippen LogP contribution >= 0.6 is 0 Å². The standard InChI is InChI=1S/C25H34N6O4S/c1-20(32)21-4-2-6-23(18-21)36(33,34)31-15-13-30(14-16-31)25-8-7-24(26-27-25)29-11-9-28(10-12-29)19-22-5-3-17-35-22/h2,4,6-8,18,22H,3,5,9-17,19H2,1H3. The summed E-state index contributed by atoms with van der Waals surface area (Å²) in [6.07, 6.45) is 2.73. The molecule has 0 saturated carbocycles. The van der Waals surface area contributed by atoms with Crippen LogP contribution in [0, 0.1) is 0 Å². The van der Waals surface area contributed by atoms with Gasteiger partial charge >= 0.3 is 0 Å². The largest absolute Gasteiger partial charge is 0.377 e. The fraction of sp³-hybridized carbons (Fsp3) is 0.560. The molecule has 0 bridgehead atoms. The summed E-state index contributed by atoms with van der Waals surface area (Å²) in [5.74, 6) is 1.48. The van der Waals surface area contributed by atoms with Crippen LogP contribution in [0.25, 0.3) is 0 Å². The number of aromatic nitrogens is 2. The van der Waals surface area contributed by atoms with E-state index in [1.807, 2.05) is 12.1 Å². The summed E-state index contributed by atoms with van der Waals surface area (Å²) < 4.78 is 33.4. The van der Waals surface area contributed by atoms with E-state index in [4.69, 9.17) is 4.74 Å². The van der Waals surface area contributed by atoms with Gasteiger partial charge in [0.05, 0.1) is 11.0 Å². The number of rotatable bonds is 7. The first-order valence-electron chi connectivity index (χ1n) is 12.7. The fourth-order valence-electron chi connectivity index (χ4n) is 5.07. The van der Waals surface area contributed by atoms with Crippen molar-refractivity contribution in [1.29, 1.82) is 0 Å². The van der Waals surface area contributed by atoms with Crippen LogP contribution in [0.3, 0.4) is 0 Å². The number of hydrogen-bond donors (Lipinski definition) is 0. The summed E-state index contributed by atoms with van der Waals surface area (Å²) in [6.45, 7) is 8.93. The lowest BCUT2D eigenvalue weighted by Gasteiger charge is -2.36. The van der Waals surface area contributed by atoms with Gasteiger partial charge in [-0.25, -0.2) is 8.42 Å². The molecule has 0 amide bonds. The van der Waals surface area contributed by atoms with Gasteiger partial charge < -0.3 is 14.5 Å². The van der Waals surface area contributed by atoms with E-state index in [1.54, 1.807) is 18.2 Å². The third-order valence-corrected chi connectivity index (χ3v) is 9.15. The zero-order chi connectivity index (χ0) is 25.1. The quantitative estimate of drug-likeness (QED) is 0.509. The molecule has 0 spiro atoms. The Balaban J connectivity index is 1.14. The molecular weight excluding hydrogens is 480 g/mol. The highest BCUT2D eigenvalue weighted by molar-refractivity contribution is 7.89. The molecule has 3 aliphatic rings. The lowest BCUT2D eigenvalue weighted by Crippen LogP contribution is -2.49. The maximum atomic E-state index is 13.1. The van der Waals surface area contributed by atoms with E-state index in [9.17, 15) is 13.2 Å². The summed E-state index contributed by atoms with van der Waals surface area (Å²) in [5, 5.41) is 8.93. The van der Waals surface area contributed by atoms with Gasteiger partial charge in [0.2, 0.25) is 10.0 Å². The molecule has 0 N–H and O–H groups in total. The molecule has 1 atom stereocenters. The molecule has 1 aromatic carbocycles. The minimum Gasteiger partial charge on any atom is -0.377 e.